The number of esters is 2. The van der Waals surface area contributed by atoms with Crippen LogP contribution >= 0.6 is 0 Å². The number of hydrogen-bond donors (Lipinski definition) is 0. The van der Waals surface area contributed by atoms with Gasteiger partial charge < -0.3 is 19.1 Å². The van der Waals surface area contributed by atoms with Crippen molar-refractivity contribution in [2.75, 3.05) is 40.0 Å². The highest BCUT2D eigenvalue weighted by Gasteiger charge is 2.18. The van der Waals surface area contributed by atoms with Gasteiger partial charge in [0.2, 0.25) is 5.91 Å². The van der Waals surface area contributed by atoms with E-state index in [9.17, 15) is 14.4 Å². The molecule has 0 unspecified atom stereocenters. The molecule has 0 N–H and O–H groups in total. The highest BCUT2D eigenvalue weighted by Crippen LogP contribution is 1.98. The van der Waals surface area contributed by atoms with Crippen molar-refractivity contribution in [1.82, 2.24) is 4.90 Å². The van der Waals surface area contributed by atoms with Crippen molar-refractivity contribution >= 4 is 17.8 Å². The fourth-order valence-electron chi connectivity index (χ4n) is 1.30. The summed E-state index contributed by atoms with van der Waals surface area (Å²) in [5, 5.41) is 0. The number of ether oxygens (including phenoxy) is 3. The second-order valence-corrected chi connectivity index (χ2v) is 3.46. The second-order valence-electron chi connectivity index (χ2n) is 3.46. The summed E-state index contributed by atoms with van der Waals surface area (Å²) in [6.45, 7) is 1.45. The topological polar surface area (TPSA) is 82.1 Å². The highest BCUT2D eigenvalue weighted by molar-refractivity contribution is 5.91. The normalized spacial score (nSPS) is 15.8. The van der Waals surface area contributed by atoms with Gasteiger partial charge in [-0.25, -0.2) is 9.59 Å². The molecule has 0 saturated carbocycles. The third kappa shape index (κ3) is 4.96. The fraction of sp³-hybridized carbons (Fsp3) is 0.545. The zero-order valence-corrected chi connectivity index (χ0v) is 10.1. The molecule has 1 saturated heterocycles. The monoisotopic (exact) mass is 257 g/mol. The summed E-state index contributed by atoms with van der Waals surface area (Å²) < 4.78 is 14.1. The molecule has 100 valence electrons. The van der Waals surface area contributed by atoms with Gasteiger partial charge in [-0.15, -0.1) is 0 Å². The Morgan fingerprint density at radius 1 is 1.39 bits per heavy atom. The van der Waals surface area contributed by atoms with E-state index in [1.165, 1.54) is 7.11 Å². The molecule has 0 aromatic carbocycles. The molecule has 1 rings (SSSR count). The minimum absolute atomic E-state index is 0.0657. The van der Waals surface area contributed by atoms with Crippen molar-refractivity contribution in [1.29, 1.82) is 0 Å². The number of rotatable bonds is 5. The Hall–Kier alpha value is -1.89. The third-order valence-corrected chi connectivity index (χ3v) is 2.25. The summed E-state index contributed by atoms with van der Waals surface area (Å²) in [4.78, 5) is 34.7. The van der Waals surface area contributed by atoms with Crippen LogP contribution in [0.3, 0.4) is 0 Å². The van der Waals surface area contributed by atoms with Crippen molar-refractivity contribution in [3.63, 3.8) is 0 Å². The van der Waals surface area contributed by atoms with Crippen LogP contribution in [0.5, 0.6) is 0 Å². The van der Waals surface area contributed by atoms with Gasteiger partial charge in [0, 0.05) is 18.7 Å². The van der Waals surface area contributed by atoms with E-state index in [1.54, 1.807) is 4.90 Å². The minimum atomic E-state index is -0.652. The van der Waals surface area contributed by atoms with Crippen LogP contribution in [-0.2, 0) is 28.6 Å². The molecule has 1 aliphatic rings. The standard InChI is InChI=1S/C11H15NO6/c1-16-10(14)2-3-11(15)18-7-5-12-4-6-17-8-9(12)13/h2-3H,4-8H2,1H3. The molecule has 0 atom stereocenters. The first kappa shape index (κ1) is 14.2. The van der Waals surface area contributed by atoms with Crippen LogP contribution in [0.25, 0.3) is 0 Å². The van der Waals surface area contributed by atoms with Crippen LogP contribution < -0.4 is 0 Å². The van der Waals surface area contributed by atoms with Crippen LogP contribution in [0.2, 0.25) is 0 Å². The van der Waals surface area contributed by atoms with Crippen molar-refractivity contribution in [2.24, 2.45) is 0 Å². The van der Waals surface area contributed by atoms with Crippen LogP contribution in [0.1, 0.15) is 0 Å². The van der Waals surface area contributed by atoms with Gasteiger partial charge in [-0.2, -0.15) is 0 Å². The van der Waals surface area contributed by atoms with E-state index in [0.717, 1.165) is 12.2 Å². The van der Waals surface area contributed by atoms with E-state index in [2.05, 4.69) is 4.74 Å². The molecule has 1 heterocycles. The van der Waals surface area contributed by atoms with Crippen molar-refractivity contribution in [3.05, 3.63) is 12.2 Å². The predicted octanol–water partition coefficient (Wildman–Crippen LogP) is -0.882. The molecule has 18 heavy (non-hydrogen) atoms. The molecule has 1 aliphatic heterocycles. The van der Waals surface area contributed by atoms with Crippen LogP contribution in [0.15, 0.2) is 12.2 Å². The summed E-state index contributed by atoms with van der Waals surface area (Å²) >= 11 is 0. The summed E-state index contributed by atoms with van der Waals surface area (Å²) in [5.74, 6) is -1.40. The maximum absolute atomic E-state index is 11.3. The van der Waals surface area contributed by atoms with Gasteiger partial charge in [0.25, 0.3) is 0 Å². The van der Waals surface area contributed by atoms with E-state index in [1.807, 2.05) is 0 Å². The summed E-state index contributed by atoms with van der Waals surface area (Å²) in [6.07, 6.45) is 1.95. The Morgan fingerprint density at radius 3 is 2.78 bits per heavy atom. The Labute approximate surface area is 104 Å². The number of hydrogen-bond acceptors (Lipinski definition) is 6. The molecular formula is C11H15NO6. The lowest BCUT2D eigenvalue weighted by Gasteiger charge is -2.26. The van der Waals surface area contributed by atoms with Crippen LogP contribution in [0, 0.1) is 0 Å². The first-order valence-corrected chi connectivity index (χ1v) is 5.42. The molecular weight excluding hydrogens is 242 g/mol. The molecule has 0 radical (unpaired) electrons. The van der Waals surface area contributed by atoms with E-state index in [4.69, 9.17) is 9.47 Å². The quantitative estimate of drug-likeness (QED) is 0.470. The zero-order valence-electron chi connectivity index (χ0n) is 10.1. The summed E-state index contributed by atoms with van der Waals surface area (Å²) in [6, 6.07) is 0. The van der Waals surface area contributed by atoms with Gasteiger partial charge >= 0.3 is 11.9 Å². The van der Waals surface area contributed by atoms with Gasteiger partial charge in [0.1, 0.15) is 13.2 Å². The molecule has 0 bridgehead atoms. The molecule has 0 aliphatic carbocycles. The maximum atomic E-state index is 11.3. The fourth-order valence-corrected chi connectivity index (χ4v) is 1.30. The first-order chi connectivity index (χ1) is 8.63. The molecule has 1 fully saturated rings. The van der Waals surface area contributed by atoms with E-state index in [-0.39, 0.29) is 19.1 Å². The average Bonchev–Trinajstić information content (AvgIpc) is 2.38. The lowest BCUT2D eigenvalue weighted by atomic mass is 10.4. The Morgan fingerprint density at radius 2 is 2.11 bits per heavy atom. The number of methoxy groups -OCH3 is 1. The number of nitrogens with zero attached hydrogens (tertiary/aromatic N) is 1. The van der Waals surface area contributed by atoms with Crippen molar-refractivity contribution < 1.29 is 28.6 Å². The van der Waals surface area contributed by atoms with Gasteiger partial charge in [-0.1, -0.05) is 0 Å². The van der Waals surface area contributed by atoms with Gasteiger partial charge in [-0.3, -0.25) is 4.79 Å². The Balaban J connectivity index is 2.20. The van der Waals surface area contributed by atoms with Gasteiger partial charge in [0.05, 0.1) is 20.3 Å². The van der Waals surface area contributed by atoms with Gasteiger partial charge in [0.15, 0.2) is 0 Å². The van der Waals surface area contributed by atoms with E-state index >= 15 is 0 Å². The largest absolute Gasteiger partial charge is 0.466 e. The van der Waals surface area contributed by atoms with Crippen molar-refractivity contribution in [2.45, 2.75) is 0 Å². The molecule has 7 nitrogen and oxygen atoms in total. The highest BCUT2D eigenvalue weighted by atomic mass is 16.5. The number of amides is 1. The average molecular weight is 257 g/mol. The van der Waals surface area contributed by atoms with Crippen LogP contribution in [-0.4, -0.2) is 62.8 Å². The van der Waals surface area contributed by atoms with Crippen LogP contribution in [0.4, 0.5) is 0 Å². The molecule has 7 heteroatoms. The van der Waals surface area contributed by atoms with E-state index < -0.39 is 11.9 Å². The summed E-state index contributed by atoms with van der Waals surface area (Å²) in [5.41, 5.74) is 0. The number of carbonyl (C=O) groups excluding carboxylic acids is 3. The Bertz CT molecular complexity index is 351. The lowest BCUT2D eigenvalue weighted by molar-refractivity contribution is -0.147. The maximum Gasteiger partial charge on any atom is 0.331 e. The number of morpholine rings is 1. The molecule has 0 spiro atoms. The summed E-state index contributed by atoms with van der Waals surface area (Å²) in [7, 11) is 1.21. The first-order valence-electron chi connectivity index (χ1n) is 5.42. The number of carbonyl (C=O) groups is 3. The smallest absolute Gasteiger partial charge is 0.331 e. The van der Waals surface area contributed by atoms with Crippen molar-refractivity contribution in [3.8, 4) is 0 Å². The Kier molecular flexibility index (Phi) is 5.86. The molecule has 0 aromatic rings. The third-order valence-electron chi connectivity index (χ3n) is 2.25. The van der Waals surface area contributed by atoms with E-state index in [0.29, 0.717) is 19.7 Å². The SMILES string of the molecule is COC(=O)C=CC(=O)OCCN1CCOCC1=O. The van der Waals surface area contributed by atoms with Gasteiger partial charge in [-0.05, 0) is 0 Å². The lowest BCUT2D eigenvalue weighted by Crippen LogP contribution is -2.43. The molecule has 0 aromatic heterocycles. The molecule has 1 amide bonds. The second kappa shape index (κ2) is 7.44. The minimum Gasteiger partial charge on any atom is -0.466 e. The predicted molar refractivity (Wildman–Crippen MR) is 59.5 cm³/mol. The zero-order chi connectivity index (χ0) is 13.4.